The van der Waals surface area contributed by atoms with Gasteiger partial charge in [-0.1, -0.05) is 6.92 Å². The lowest BCUT2D eigenvalue weighted by molar-refractivity contribution is -0.384. The van der Waals surface area contributed by atoms with Crippen molar-refractivity contribution in [2.75, 3.05) is 19.6 Å². The van der Waals surface area contributed by atoms with E-state index < -0.39 is 4.92 Å². The van der Waals surface area contributed by atoms with E-state index >= 15 is 0 Å². The number of hydrogen-bond donors (Lipinski definition) is 1. The first-order chi connectivity index (χ1) is 9.54. The maximum Gasteiger partial charge on any atom is 0.287 e. The van der Waals surface area contributed by atoms with Crippen molar-refractivity contribution < 1.29 is 9.72 Å². The minimum Gasteiger partial charge on any atom is -0.340 e. The standard InChI is InChI=1S/C13H20N4O3/c1-3-6-16(10-4-5-14-8-10)13(18)12-7-11(17(19)20)9-15(12)2/h7,9-10,14H,3-6,8H2,1-2H3. The second-order valence-electron chi connectivity index (χ2n) is 5.10. The highest BCUT2D eigenvalue weighted by atomic mass is 16.6. The molecule has 0 aromatic carbocycles. The lowest BCUT2D eigenvalue weighted by Gasteiger charge is -2.28. The number of carbonyl (C=O) groups is 1. The van der Waals surface area contributed by atoms with Crippen LogP contribution in [0.2, 0.25) is 0 Å². The third kappa shape index (κ3) is 2.82. The van der Waals surface area contributed by atoms with Gasteiger partial charge in [0.25, 0.3) is 11.6 Å². The van der Waals surface area contributed by atoms with E-state index in [0.717, 1.165) is 25.9 Å². The Morgan fingerprint density at radius 2 is 2.40 bits per heavy atom. The van der Waals surface area contributed by atoms with E-state index in [0.29, 0.717) is 12.2 Å². The lowest BCUT2D eigenvalue weighted by atomic mass is 10.2. The molecule has 2 rings (SSSR count). The molecule has 1 saturated heterocycles. The van der Waals surface area contributed by atoms with Crippen molar-refractivity contribution in [3.63, 3.8) is 0 Å². The van der Waals surface area contributed by atoms with Crippen LogP contribution >= 0.6 is 0 Å². The number of aryl methyl sites for hydroxylation is 1. The summed E-state index contributed by atoms with van der Waals surface area (Å²) in [6.07, 6.45) is 3.18. The second kappa shape index (κ2) is 6.04. The number of hydrogen-bond acceptors (Lipinski definition) is 4. The first-order valence-corrected chi connectivity index (χ1v) is 6.87. The third-order valence-corrected chi connectivity index (χ3v) is 3.62. The van der Waals surface area contributed by atoms with E-state index in [4.69, 9.17) is 0 Å². The van der Waals surface area contributed by atoms with Crippen molar-refractivity contribution in [3.8, 4) is 0 Å². The molecular weight excluding hydrogens is 260 g/mol. The van der Waals surface area contributed by atoms with Gasteiger partial charge in [-0.3, -0.25) is 14.9 Å². The van der Waals surface area contributed by atoms with Crippen LogP contribution in [0.1, 0.15) is 30.3 Å². The Morgan fingerprint density at radius 1 is 1.65 bits per heavy atom. The van der Waals surface area contributed by atoms with Crippen molar-refractivity contribution in [3.05, 3.63) is 28.1 Å². The third-order valence-electron chi connectivity index (χ3n) is 3.62. The maximum atomic E-state index is 12.6. The Kier molecular flexibility index (Phi) is 4.39. The molecule has 1 aromatic rings. The van der Waals surface area contributed by atoms with Gasteiger partial charge in [0.15, 0.2) is 0 Å². The first-order valence-electron chi connectivity index (χ1n) is 6.87. The summed E-state index contributed by atoms with van der Waals surface area (Å²) in [6.45, 7) is 4.39. The molecule has 0 spiro atoms. The number of rotatable bonds is 5. The fourth-order valence-corrected chi connectivity index (χ4v) is 2.60. The number of nitro groups is 1. The number of nitrogens with one attached hydrogen (secondary N) is 1. The smallest absolute Gasteiger partial charge is 0.287 e. The van der Waals surface area contributed by atoms with E-state index in [1.54, 1.807) is 7.05 Å². The number of carbonyl (C=O) groups excluding carboxylic acids is 1. The summed E-state index contributed by atoms with van der Waals surface area (Å²) in [5, 5.41) is 14.0. The highest BCUT2D eigenvalue weighted by Gasteiger charge is 2.29. The summed E-state index contributed by atoms with van der Waals surface area (Å²) in [7, 11) is 1.66. The molecule has 1 unspecified atom stereocenters. The van der Waals surface area contributed by atoms with Crippen LogP contribution in [0.15, 0.2) is 12.3 Å². The Morgan fingerprint density at radius 3 is 2.90 bits per heavy atom. The monoisotopic (exact) mass is 280 g/mol. The van der Waals surface area contributed by atoms with Crippen LogP contribution in [0.3, 0.4) is 0 Å². The highest BCUT2D eigenvalue weighted by Crippen LogP contribution is 2.19. The minimum absolute atomic E-state index is 0.0446. The molecule has 1 N–H and O–H groups in total. The van der Waals surface area contributed by atoms with Crippen LogP contribution in [0, 0.1) is 10.1 Å². The lowest BCUT2D eigenvalue weighted by Crippen LogP contribution is -2.42. The molecule has 1 atom stereocenters. The van der Waals surface area contributed by atoms with Crippen molar-refractivity contribution in [1.82, 2.24) is 14.8 Å². The molecule has 0 aliphatic carbocycles. The molecule has 0 bridgehead atoms. The van der Waals surface area contributed by atoms with Gasteiger partial charge in [-0.25, -0.2) is 0 Å². The van der Waals surface area contributed by atoms with Gasteiger partial charge in [0.2, 0.25) is 0 Å². The summed E-state index contributed by atoms with van der Waals surface area (Å²) in [5.74, 6) is -0.129. The van der Waals surface area contributed by atoms with Crippen LogP contribution in [-0.2, 0) is 7.05 Å². The summed E-state index contributed by atoms with van der Waals surface area (Å²) in [5.41, 5.74) is 0.328. The van der Waals surface area contributed by atoms with Crippen LogP contribution in [0.5, 0.6) is 0 Å². The van der Waals surface area contributed by atoms with Gasteiger partial charge >= 0.3 is 0 Å². The molecule has 0 radical (unpaired) electrons. The largest absolute Gasteiger partial charge is 0.340 e. The van der Waals surface area contributed by atoms with Crippen molar-refractivity contribution >= 4 is 11.6 Å². The minimum atomic E-state index is -0.474. The van der Waals surface area contributed by atoms with Gasteiger partial charge < -0.3 is 14.8 Å². The molecule has 1 aliphatic rings. The van der Waals surface area contributed by atoms with Crippen LogP contribution in [0.25, 0.3) is 0 Å². The molecular formula is C13H20N4O3. The average Bonchev–Trinajstić information content (AvgIpc) is 3.04. The highest BCUT2D eigenvalue weighted by molar-refractivity contribution is 5.93. The molecule has 1 aliphatic heterocycles. The molecule has 1 fully saturated rings. The zero-order chi connectivity index (χ0) is 14.7. The maximum absolute atomic E-state index is 12.6. The normalized spacial score (nSPS) is 18.2. The summed E-state index contributed by atoms with van der Waals surface area (Å²) >= 11 is 0. The number of nitrogens with zero attached hydrogens (tertiary/aromatic N) is 3. The predicted octanol–water partition coefficient (Wildman–Crippen LogP) is 1.15. The van der Waals surface area contributed by atoms with E-state index in [1.807, 2.05) is 11.8 Å². The van der Waals surface area contributed by atoms with E-state index in [9.17, 15) is 14.9 Å². The van der Waals surface area contributed by atoms with Gasteiger partial charge in [0.1, 0.15) is 5.69 Å². The molecule has 7 nitrogen and oxygen atoms in total. The molecule has 1 amide bonds. The van der Waals surface area contributed by atoms with Crippen molar-refractivity contribution in [2.24, 2.45) is 7.05 Å². The van der Waals surface area contributed by atoms with Crippen molar-refractivity contribution in [1.29, 1.82) is 0 Å². The Hall–Kier alpha value is -1.89. The summed E-state index contributed by atoms with van der Waals surface area (Å²) in [4.78, 5) is 24.8. The molecule has 110 valence electrons. The fourth-order valence-electron chi connectivity index (χ4n) is 2.60. The van der Waals surface area contributed by atoms with Gasteiger partial charge in [0.05, 0.1) is 11.1 Å². The van der Waals surface area contributed by atoms with Gasteiger partial charge in [-0.05, 0) is 19.4 Å². The van der Waals surface area contributed by atoms with Crippen LogP contribution in [0.4, 0.5) is 5.69 Å². The summed E-state index contributed by atoms with van der Waals surface area (Å²) in [6, 6.07) is 1.53. The van der Waals surface area contributed by atoms with Crippen molar-refractivity contribution in [2.45, 2.75) is 25.8 Å². The number of aromatic nitrogens is 1. The van der Waals surface area contributed by atoms with Gasteiger partial charge in [-0.15, -0.1) is 0 Å². The SMILES string of the molecule is CCCN(C(=O)c1cc([N+](=O)[O-])cn1C)C1CCNC1. The zero-order valence-electron chi connectivity index (χ0n) is 11.8. The second-order valence-corrected chi connectivity index (χ2v) is 5.10. The van der Waals surface area contributed by atoms with Crippen LogP contribution < -0.4 is 5.32 Å². The fraction of sp³-hybridized carbons (Fsp3) is 0.615. The van der Waals surface area contributed by atoms with E-state index in [2.05, 4.69) is 5.32 Å². The zero-order valence-corrected chi connectivity index (χ0v) is 11.8. The van der Waals surface area contributed by atoms with Crippen LogP contribution in [-0.4, -0.2) is 46.0 Å². The molecule has 7 heteroatoms. The topological polar surface area (TPSA) is 80.4 Å². The molecule has 20 heavy (non-hydrogen) atoms. The van der Waals surface area contributed by atoms with Gasteiger partial charge in [0, 0.05) is 32.2 Å². The quantitative estimate of drug-likeness (QED) is 0.648. The molecule has 2 heterocycles. The summed E-state index contributed by atoms with van der Waals surface area (Å²) < 4.78 is 1.53. The average molecular weight is 280 g/mol. The number of amides is 1. The van der Waals surface area contributed by atoms with E-state index in [-0.39, 0.29) is 17.6 Å². The predicted molar refractivity (Wildman–Crippen MR) is 74.7 cm³/mol. The Bertz CT molecular complexity index is 506. The Balaban J connectivity index is 2.24. The van der Waals surface area contributed by atoms with Gasteiger partial charge in [-0.2, -0.15) is 0 Å². The molecule has 0 saturated carbocycles. The van der Waals surface area contributed by atoms with E-state index in [1.165, 1.54) is 16.8 Å². The molecule has 1 aromatic heterocycles. The first kappa shape index (κ1) is 14.5. The Labute approximate surface area is 117 Å².